The summed E-state index contributed by atoms with van der Waals surface area (Å²) in [5, 5.41) is 7.95. The van der Waals surface area contributed by atoms with Crippen molar-refractivity contribution in [3.05, 3.63) is 33.7 Å². The molecule has 11 heavy (non-hydrogen) atoms. The summed E-state index contributed by atoms with van der Waals surface area (Å²) in [5.74, 6) is -1.45. The van der Waals surface area contributed by atoms with Crippen molar-refractivity contribution in [2.24, 2.45) is 0 Å². The molecule has 0 aromatic heterocycles. The molecule has 0 radical (unpaired) electrons. The van der Waals surface area contributed by atoms with Crippen LogP contribution in [0.15, 0.2) is 18.1 Å². The average Bonchev–Trinajstić information content (AvgIpc) is 2.11. The fraction of sp³-hybridized carbons (Fsp3) is 0. The molecule has 0 heterocycles. The van der Waals surface area contributed by atoms with E-state index in [1.807, 2.05) is 0 Å². The molecule has 1 N–H and O–H groups in total. The molecule has 2 nitrogen and oxygen atoms in total. The zero-order valence-electron chi connectivity index (χ0n) is 8.11. The van der Waals surface area contributed by atoms with Gasteiger partial charge in [0.2, 0.25) is 0 Å². The Balaban J connectivity index is 3.68. The van der Waals surface area contributed by atoms with Crippen molar-refractivity contribution >= 4 is 29.2 Å². The van der Waals surface area contributed by atoms with Crippen molar-refractivity contribution in [3.63, 3.8) is 0 Å². The normalized spacial score (nSPS) is 13.5. The van der Waals surface area contributed by atoms with Crippen LogP contribution in [0.4, 0.5) is 0 Å². The van der Waals surface area contributed by atoms with Crippen LogP contribution < -0.4 is 0 Å². The van der Waals surface area contributed by atoms with E-state index >= 15 is 0 Å². The van der Waals surface area contributed by atoms with Crippen LogP contribution in [-0.2, 0) is 0 Å². The third kappa shape index (κ3) is 2.10. The first-order chi connectivity index (χ1) is 6.37. The van der Waals surface area contributed by atoms with Crippen LogP contribution in [0.3, 0.4) is 0 Å². The Bertz CT molecular complexity index is 391. The number of halogens is 2. The number of carboxylic acids is 1. The molecule has 0 amide bonds. The summed E-state index contributed by atoms with van der Waals surface area (Å²) >= 11 is 11.0. The number of carbonyl (C=O) groups is 1. The molecule has 1 aromatic carbocycles. The molecule has 58 valence electrons. The molecular weight excluding hydrogens is 187 g/mol. The minimum absolute atomic E-state index is 0.358. The van der Waals surface area contributed by atoms with Crippen molar-refractivity contribution in [1.29, 1.82) is 0 Å². The summed E-state index contributed by atoms with van der Waals surface area (Å²) < 4.78 is 21.9. The first kappa shape index (κ1) is 5.01. The second kappa shape index (κ2) is 3.11. The van der Waals surface area contributed by atoms with Gasteiger partial charge in [0.05, 0.1) is 9.68 Å². The van der Waals surface area contributed by atoms with Crippen LogP contribution in [0.5, 0.6) is 0 Å². The molecule has 0 bridgehead atoms. The van der Waals surface area contributed by atoms with Gasteiger partial charge in [-0.25, -0.2) is 4.79 Å². The fourth-order valence-corrected chi connectivity index (χ4v) is 0.943. The van der Waals surface area contributed by atoms with Gasteiger partial charge in [0.1, 0.15) is 0 Å². The molecule has 1 aromatic rings. The number of hydrogen-bond acceptors (Lipinski definition) is 1. The van der Waals surface area contributed by atoms with E-state index in [2.05, 4.69) is 0 Å². The maximum absolute atomic E-state index is 10.6. The molecule has 0 unspecified atom stereocenters. The van der Waals surface area contributed by atoms with Gasteiger partial charge < -0.3 is 5.11 Å². The molecule has 0 atom stereocenters. The smallest absolute Gasteiger partial charge is 0.335 e. The molecule has 0 fully saturated rings. The van der Waals surface area contributed by atoms with Crippen LogP contribution in [-0.4, -0.2) is 11.1 Å². The minimum atomic E-state index is -1.45. The quantitative estimate of drug-likeness (QED) is 0.745. The van der Waals surface area contributed by atoms with E-state index in [9.17, 15) is 4.79 Å². The van der Waals surface area contributed by atoms with E-state index < -0.39 is 29.7 Å². The van der Waals surface area contributed by atoms with E-state index in [1.165, 1.54) is 0 Å². The summed E-state index contributed by atoms with van der Waals surface area (Å²) in [4.78, 5) is 10.6. The van der Waals surface area contributed by atoms with Crippen molar-refractivity contribution in [2.45, 2.75) is 0 Å². The average molecular weight is 194 g/mol. The van der Waals surface area contributed by atoms with Gasteiger partial charge in [0, 0.05) is 10.0 Å². The lowest BCUT2D eigenvalue weighted by atomic mass is 10.2. The molecule has 0 aliphatic rings. The van der Waals surface area contributed by atoms with E-state index in [-0.39, 0.29) is 10.0 Å². The van der Waals surface area contributed by atoms with Gasteiger partial charge in [-0.05, 0) is 18.1 Å². The SMILES string of the molecule is [2H]c1c(Cl)c([2H])c(C(=O)O)c([2H])c1Cl. The first-order valence-corrected chi connectivity index (χ1v) is 3.31. The van der Waals surface area contributed by atoms with Crippen LogP contribution in [0, 0.1) is 0 Å². The summed E-state index contributed by atoms with van der Waals surface area (Å²) in [6, 6.07) is -1.51. The van der Waals surface area contributed by atoms with Crippen molar-refractivity contribution in [2.75, 3.05) is 0 Å². The van der Waals surface area contributed by atoms with Crippen LogP contribution >= 0.6 is 23.2 Å². The molecular formula is C7H4Cl2O2. The van der Waals surface area contributed by atoms with E-state index in [0.717, 1.165) is 0 Å². The highest BCUT2D eigenvalue weighted by molar-refractivity contribution is 6.35. The lowest BCUT2D eigenvalue weighted by Gasteiger charge is -1.95. The predicted octanol–water partition coefficient (Wildman–Crippen LogP) is 2.69. The van der Waals surface area contributed by atoms with E-state index in [4.69, 9.17) is 32.4 Å². The van der Waals surface area contributed by atoms with Crippen LogP contribution in [0.2, 0.25) is 10.0 Å². The molecule has 0 aliphatic heterocycles. The van der Waals surface area contributed by atoms with E-state index in [0.29, 0.717) is 0 Å². The van der Waals surface area contributed by atoms with Gasteiger partial charge in [-0.2, -0.15) is 0 Å². The topological polar surface area (TPSA) is 37.3 Å². The van der Waals surface area contributed by atoms with Gasteiger partial charge in [-0.1, -0.05) is 23.2 Å². The Hall–Kier alpha value is -0.730. The van der Waals surface area contributed by atoms with Crippen LogP contribution in [0.1, 0.15) is 14.5 Å². The molecule has 0 saturated carbocycles. The Morgan fingerprint density at radius 2 is 1.82 bits per heavy atom. The lowest BCUT2D eigenvalue weighted by molar-refractivity contribution is 0.0697. The standard InChI is InChI=1S/C7H4Cl2O2/c8-5-1-4(7(10)11)2-6(9)3-5/h1-3H,(H,10,11)/i1D,2D,3D. The predicted molar refractivity (Wildman–Crippen MR) is 43.4 cm³/mol. The Morgan fingerprint density at radius 3 is 2.18 bits per heavy atom. The van der Waals surface area contributed by atoms with Crippen molar-refractivity contribution in [1.82, 2.24) is 0 Å². The molecule has 4 heteroatoms. The highest BCUT2D eigenvalue weighted by atomic mass is 35.5. The summed E-state index contributed by atoms with van der Waals surface area (Å²) in [6.07, 6.45) is 0. The fourth-order valence-electron chi connectivity index (χ4n) is 0.517. The number of benzene rings is 1. The Morgan fingerprint density at radius 1 is 1.36 bits per heavy atom. The number of hydrogen-bond donors (Lipinski definition) is 1. The minimum Gasteiger partial charge on any atom is -0.478 e. The lowest BCUT2D eigenvalue weighted by Crippen LogP contribution is -1.95. The van der Waals surface area contributed by atoms with Gasteiger partial charge in [0.15, 0.2) is 0 Å². The number of carboxylic acid groups (broad SMARTS) is 1. The molecule has 1 rings (SSSR count). The zero-order chi connectivity index (χ0) is 11.0. The highest BCUT2D eigenvalue weighted by Crippen LogP contribution is 2.18. The summed E-state index contributed by atoms with van der Waals surface area (Å²) in [6.45, 7) is 0. The third-order valence-corrected chi connectivity index (χ3v) is 1.28. The van der Waals surface area contributed by atoms with Crippen molar-refractivity contribution < 1.29 is 14.0 Å². The third-order valence-electron chi connectivity index (χ3n) is 0.903. The van der Waals surface area contributed by atoms with Gasteiger partial charge in [0.25, 0.3) is 0 Å². The first-order valence-electron chi connectivity index (χ1n) is 4.06. The number of rotatable bonds is 1. The maximum Gasteiger partial charge on any atom is 0.335 e. The largest absolute Gasteiger partial charge is 0.478 e. The Labute approximate surface area is 77.6 Å². The van der Waals surface area contributed by atoms with E-state index in [1.54, 1.807) is 0 Å². The number of aromatic carboxylic acids is 1. The second-order valence-electron chi connectivity index (χ2n) is 1.68. The van der Waals surface area contributed by atoms with Gasteiger partial charge >= 0.3 is 5.97 Å². The second-order valence-corrected chi connectivity index (χ2v) is 2.44. The van der Waals surface area contributed by atoms with Crippen molar-refractivity contribution in [3.8, 4) is 0 Å². The maximum atomic E-state index is 10.6. The summed E-state index contributed by atoms with van der Waals surface area (Å²) in [5.41, 5.74) is -0.587. The summed E-state index contributed by atoms with van der Waals surface area (Å²) in [7, 11) is 0. The van der Waals surface area contributed by atoms with Gasteiger partial charge in [-0.15, -0.1) is 0 Å². The molecule has 0 saturated heterocycles. The molecule has 0 spiro atoms. The van der Waals surface area contributed by atoms with Crippen LogP contribution in [0.25, 0.3) is 0 Å². The Kier molecular flexibility index (Phi) is 1.42. The highest BCUT2D eigenvalue weighted by Gasteiger charge is 2.04. The van der Waals surface area contributed by atoms with Gasteiger partial charge in [-0.3, -0.25) is 0 Å². The zero-order valence-corrected chi connectivity index (χ0v) is 6.62. The molecule has 0 aliphatic carbocycles. The monoisotopic (exact) mass is 193 g/mol.